The van der Waals surface area contributed by atoms with Gasteiger partial charge in [-0.1, -0.05) is 156 Å². The van der Waals surface area contributed by atoms with Crippen molar-refractivity contribution in [3.05, 3.63) is 120 Å². The highest BCUT2D eigenvalue weighted by Crippen LogP contribution is 2.41. The Morgan fingerprint density at radius 1 is 0.780 bits per heavy atom. The highest BCUT2D eigenvalue weighted by atomic mass is 28.4. The fraction of sp³-hybridized carbons (Fsp3) is 0.385. The third kappa shape index (κ3) is 6.30. The molecule has 0 aromatic heterocycles. The Labute approximate surface area is 249 Å². The van der Waals surface area contributed by atoms with Gasteiger partial charge in [0.05, 0.1) is 0 Å². The van der Waals surface area contributed by atoms with Crippen molar-refractivity contribution in [3.63, 3.8) is 0 Å². The number of rotatable bonds is 8. The summed E-state index contributed by atoms with van der Waals surface area (Å²) in [5.74, 6) is 2.25. The Morgan fingerprint density at radius 2 is 1.37 bits per heavy atom. The zero-order valence-electron chi connectivity index (χ0n) is 25.9. The minimum Gasteiger partial charge on any atom is -0.406 e. The molecule has 0 radical (unpaired) electrons. The molecule has 5 rings (SSSR count). The Kier molecular flexibility index (Phi) is 9.02. The van der Waals surface area contributed by atoms with Gasteiger partial charge in [0, 0.05) is 12.5 Å². The minimum atomic E-state index is -2.65. The molecule has 0 spiro atoms. The summed E-state index contributed by atoms with van der Waals surface area (Å²) in [5, 5.41) is 5.24. The van der Waals surface area contributed by atoms with E-state index < -0.39 is 8.32 Å². The summed E-state index contributed by atoms with van der Waals surface area (Å²) in [7, 11) is -2.65. The molecule has 1 aliphatic rings. The molecule has 1 saturated carbocycles. The molecule has 3 atom stereocenters. The van der Waals surface area contributed by atoms with E-state index in [0.717, 1.165) is 5.92 Å². The van der Waals surface area contributed by atoms with Gasteiger partial charge >= 0.3 is 0 Å². The summed E-state index contributed by atoms with van der Waals surface area (Å²) in [6, 6.07) is 37.9. The van der Waals surface area contributed by atoms with Gasteiger partial charge in [0.1, 0.15) is 0 Å². The molecule has 0 heterocycles. The molecule has 1 fully saturated rings. The van der Waals surface area contributed by atoms with Crippen LogP contribution < -0.4 is 10.4 Å². The largest absolute Gasteiger partial charge is 0.406 e. The summed E-state index contributed by atoms with van der Waals surface area (Å²) >= 11 is 0. The summed E-state index contributed by atoms with van der Waals surface area (Å²) in [6.45, 7) is 15.0. The first kappa shape index (κ1) is 29.5. The maximum atomic E-state index is 7.55. The summed E-state index contributed by atoms with van der Waals surface area (Å²) in [5.41, 5.74) is 3.00. The lowest BCUT2D eigenvalue weighted by Crippen LogP contribution is -2.66. The second kappa shape index (κ2) is 12.5. The van der Waals surface area contributed by atoms with Gasteiger partial charge in [-0.05, 0) is 68.8 Å². The lowest BCUT2D eigenvalue weighted by molar-refractivity contribution is 0.280. The van der Waals surface area contributed by atoms with Gasteiger partial charge in [0.15, 0.2) is 0 Å². The minimum absolute atomic E-state index is 0.0450. The number of hydrogen-bond donors (Lipinski definition) is 0. The van der Waals surface area contributed by atoms with Crippen LogP contribution in [0.3, 0.4) is 0 Å². The van der Waals surface area contributed by atoms with Crippen molar-refractivity contribution in [1.82, 2.24) is 0 Å². The molecule has 2 heteroatoms. The van der Waals surface area contributed by atoms with E-state index in [-0.39, 0.29) is 11.0 Å². The molecule has 0 aliphatic heterocycles. The molecular formula is C39H48OSi. The molecule has 0 N–H and O–H groups in total. The smallest absolute Gasteiger partial charge is 0.261 e. The van der Waals surface area contributed by atoms with Crippen LogP contribution in [-0.2, 0) is 4.43 Å². The van der Waals surface area contributed by atoms with Crippen LogP contribution in [0.4, 0.5) is 0 Å². The number of hydrogen-bond acceptors (Lipinski definition) is 1. The van der Waals surface area contributed by atoms with Crippen LogP contribution in [0.25, 0.3) is 10.8 Å². The van der Waals surface area contributed by atoms with Crippen LogP contribution in [0.1, 0.15) is 72.3 Å². The lowest BCUT2D eigenvalue weighted by Gasteiger charge is -2.43. The highest BCUT2D eigenvalue weighted by molar-refractivity contribution is 6.99. The molecule has 4 aromatic rings. The van der Waals surface area contributed by atoms with Gasteiger partial charge in [-0.3, -0.25) is 0 Å². The van der Waals surface area contributed by atoms with Gasteiger partial charge in [-0.15, -0.1) is 0 Å². The lowest BCUT2D eigenvalue weighted by atomic mass is 9.73. The Bertz CT molecular complexity index is 1410. The Hall–Kier alpha value is -2.94. The first-order valence-electron chi connectivity index (χ1n) is 15.6. The molecule has 0 saturated heterocycles. The van der Waals surface area contributed by atoms with E-state index in [1.54, 1.807) is 5.57 Å². The third-order valence-electron chi connectivity index (χ3n) is 9.35. The van der Waals surface area contributed by atoms with Crippen LogP contribution in [0, 0.1) is 17.8 Å². The molecule has 214 valence electrons. The number of fused-ring (bicyclic) bond motifs is 1. The predicted octanol–water partition coefficient (Wildman–Crippen LogP) is 9.52. The van der Waals surface area contributed by atoms with E-state index >= 15 is 0 Å². The van der Waals surface area contributed by atoms with Gasteiger partial charge in [-0.2, -0.15) is 0 Å². The monoisotopic (exact) mass is 560 g/mol. The number of allylic oxidation sites excluding steroid dienone is 1. The van der Waals surface area contributed by atoms with Crippen molar-refractivity contribution in [2.75, 3.05) is 6.61 Å². The predicted molar refractivity (Wildman–Crippen MR) is 180 cm³/mol. The van der Waals surface area contributed by atoms with E-state index in [0.29, 0.717) is 18.4 Å². The second-order valence-electron chi connectivity index (χ2n) is 13.7. The molecule has 1 aliphatic carbocycles. The Balaban J connectivity index is 1.63. The highest BCUT2D eigenvalue weighted by Gasteiger charge is 2.50. The van der Waals surface area contributed by atoms with Gasteiger partial charge in [0.25, 0.3) is 8.32 Å². The topological polar surface area (TPSA) is 9.23 Å². The number of benzene rings is 4. The van der Waals surface area contributed by atoms with E-state index in [1.807, 2.05) is 0 Å². The van der Waals surface area contributed by atoms with Gasteiger partial charge in [0.2, 0.25) is 0 Å². The van der Waals surface area contributed by atoms with Crippen LogP contribution in [0.15, 0.2) is 115 Å². The van der Waals surface area contributed by atoms with Crippen LogP contribution in [0.2, 0.25) is 5.04 Å². The van der Waals surface area contributed by atoms with E-state index in [1.165, 1.54) is 46.0 Å². The first-order chi connectivity index (χ1) is 19.7. The fourth-order valence-corrected chi connectivity index (χ4v) is 11.8. The molecule has 41 heavy (non-hydrogen) atoms. The standard InChI is InChI=1S/C39H48OSi/c1-29(2)38-24-21-30(3)25-34(38)27-35(33-23-22-31-15-13-14-16-32(31)26-33)28-40-41(39(4,5)6,36-17-9-7-10-18-36)37-19-11-8-12-20-37/h7-20,22-23,26-27,29-30,35,38H,21,24-25,28H2,1-6H3/b34-27+/t30-,35-,38+/m1/s1. The average molecular weight is 561 g/mol. The van der Waals surface area contributed by atoms with Crippen LogP contribution >= 0.6 is 0 Å². The molecule has 1 nitrogen and oxygen atoms in total. The Morgan fingerprint density at radius 3 is 1.95 bits per heavy atom. The van der Waals surface area contributed by atoms with Crippen molar-refractivity contribution >= 4 is 29.5 Å². The zero-order chi connectivity index (χ0) is 29.0. The summed E-state index contributed by atoms with van der Waals surface area (Å²) < 4.78 is 7.55. The molecule has 0 bridgehead atoms. The van der Waals surface area contributed by atoms with Crippen molar-refractivity contribution in [1.29, 1.82) is 0 Å². The average Bonchev–Trinajstić information content (AvgIpc) is 2.97. The quantitative estimate of drug-likeness (QED) is 0.154. The molecule has 0 unspecified atom stereocenters. The van der Waals surface area contributed by atoms with Crippen molar-refractivity contribution < 1.29 is 4.43 Å². The maximum Gasteiger partial charge on any atom is 0.261 e. The van der Waals surface area contributed by atoms with Gasteiger partial charge < -0.3 is 4.43 Å². The molecular weight excluding hydrogens is 513 g/mol. The van der Waals surface area contributed by atoms with Crippen LogP contribution in [0.5, 0.6) is 0 Å². The summed E-state index contributed by atoms with van der Waals surface area (Å²) in [4.78, 5) is 0. The van der Waals surface area contributed by atoms with Crippen molar-refractivity contribution in [2.24, 2.45) is 17.8 Å². The van der Waals surface area contributed by atoms with E-state index in [9.17, 15) is 0 Å². The van der Waals surface area contributed by atoms with Crippen molar-refractivity contribution in [2.45, 2.75) is 71.8 Å². The zero-order valence-corrected chi connectivity index (χ0v) is 26.9. The van der Waals surface area contributed by atoms with Crippen LogP contribution in [-0.4, -0.2) is 14.9 Å². The van der Waals surface area contributed by atoms with E-state index in [4.69, 9.17) is 4.43 Å². The van der Waals surface area contributed by atoms with Crippen molar-refractivity contribution in [3.8, 4) is 0 Å². The SMILES string of the molecule is CC(C)[C@@H]1CC[C@@H](C)C/C1=C\[C@H](CO[Si](c1ccccc1)(c1ccccc1)C(C)(C)C)c1ccc2ccccc2c1. The first-order valence-corrected chi connectivity index (χ1v) is 17.5. The van der Waals surface area contributed by atoms with E-state index in [2.05, 4.69) is 151 Å². The molecule has 0 amide bonds. The normalized spacial score (nSPS) is 20.0. The third-order valence-corrected chi connectivity index (χ3v) is 14.4. The maximum absolute atomic E-state index is 7.55. The second-order valence-corrected chi connectivity index (χ2v) is 18.0. The fourth-order valence-electron chi connectivity index (χ4n) is 7.17. The van der Waals surface area contributed by atoms with Gasteiger partial charge in [-0.25, -0.2) is 0 Å². The summed E-state index contributed by atoms with van der Waals surface area (Å²) in [6.07, 6.45) is 6.46. The molecule has 4 aromatic carbocycles.